The number of nitrogens with one attached hydrogen (secondary N) is 1. The van der Waals surface area contributed by atoms with Crippen molar-refractivity contribution in [3.63, 3.8) is 0 Å². The summed E-state index contributed by atoms with van der Waals surface area (Å²) in [4.78, 5) is 12.4. The van der Waals surface area contributed by atoms with Crippen molar-refractivity contribution in [1.29, 1.82) is 0 Å². The van der Waals surface area contributed by atoms with E-state index < -0.39 is 0 Å². The molecule has 1 aromatic heterocycles. The molecule has 0 spiro atoms. The van der Waals surface area contributed by atoms with Crippen LogP contribution in [-0.4, -0.2) is 9.90 Å². The van der Waals surface area contributed by atoms with Crippen LogP contribution in [0.1, 0.15) is 11.4 Å². The molecule has 56 valence electrons. The van der Waals surface area contributed by atoms with E-state index in [9.17, 15) is 4.91 Å². The lowest BCUT2D eigenvalue weighted by atomic mass is 10.4. The first-order chi connectivity index (χ1) is 4.66. The van der Waals surface area contributed by atoms with E-state index in [2.05, 4.69) is 21.0 Å². The Morgan fingerprint density at radius 2 is 2.40 bits per heavy atom. The molecule has 4 nitrogen and oxygen atoms in total. The molecule has 0 aliphatic heterocycles. The normalized spacial score (nSPS) is 10.3. The Balaban J connectivity index is 3.34. The minimum Gasteiger partial charge on any atom is -0.172 e. The lowest BCUT2D eigenvalue weighted by molar-refractivity contribution is -0.602. The third-order valence-electron chi connectivity index (χ3n) is 1.39. The lowest BCUT2D eigenvalue weighted by Crippen LogP contribution is -2.28. The summed E-state index contributed by atoms with van der Waals surface area (Å²) in [5, 5.41) is 3.45. The van der Waals surface area contributed by atoms with Gasteiger partial charge in [-0.2, -0.15) is 5.10 Å². The minimum atomic E-state index is 0.583. The zero-order valence-electron chi connectivity index (χ0n) is 5.89. The second-order valence-corrected chi connectivity index (χ2v) is 2.67. The summed E-state index contributed by atoms with van der Waals surface area (Å²) in [5.41, 5.74) is 1.62. The molecule has 1 aromatic rings. The molecule has 0 amide bonds. The molecule has 0 radical (unpaired) electrons. The predicted molar refractivity (Wildman–Crippen MR) is 40.5 cm³/mol. The van der Waals surface area contributed by atoms with Gasteiger partial charge in [-0.3, -0.25) is 0 Å². The summed E-state index contributed by atoms with van der Waals surface area (Å²) >= 11 is 3.22. The fourth-order valence-electron chi connectivity index (χ4n) is 0.829. The van der Waals surface area contributed by atoms with E-state index >= 15 is 0 Å². The van der Waals surface area contributed by atoms with E-state index in [1.54, 1.807) is 7.05 Å². The Kier molecular flexibility index (Phi) is 1.94. The van der Waals surface area contributed by atoms with Crippen LogP contribution >= 0.6 is 15.9 Å². The van der Waals surface area contributed by atoms with Crippen LogP contribution in [0.2, 0.25) is 0 Å². The Bertz CT molecular complexity index is 288. The van der Waals surface area contributed by atoms with Crippen LogP contribution in [0, 0.1) is 11.8 Å². The van der Waals surface area contributed by atoms with Crippen LogP contribution in [0.5, 0.6) is 0 Å². The van der Waals surface area contributed by atoms with Gasteiger partial charge >= 0.3 is 0 Å². The number of hydrogen-bond acceptors (Lipinski definition) is 1. The van der Waals surface area contributed by atoms with Gasteiger partial charge in [0.2, 0.25) is 5.69 Å². The van der Waals surface area contributed by atoms with Crippen molar-refractivity contribution in [2.75, 3.05) is 0 Å². The predicted octanol–water partition coefficient (Wildman–Crippen LogP) is 0.471. The first kappa shape index (κ1) is 7.53. The highest BCUT2D eigenvalue weighted by molar-refractivity contribution is 9.08. The smallest absolute Gasteiger partial charge is 0.172 e. The van der Waals surface area contributed by atoms with Crippen molar-refractivity contribution in [3.8, 4) is 0 Å². The van der Waals surface area contributed by atoms with E-state index in [0.717, 1.165) is 15.9 Å². The van der Waals surface area contributed by atoms with E-state index in [-0.39, 0.29) is 0 Å². The molecule has 0 saturated carbocycles. The number of hydrogen-bond donors (Lipinski definition) is 1. The van der Waals surface area contributed by atoms with Crippen LogP contribution in [0.15, 0.2) is 0 Å². The van der Waals surface area contributed by atoms with E-state index in [1.807, 2.05) is 6.92 Å². The number of H-pyrrole nitrogens is 1. The van der Waals surface area contributed by atoms with E-state index in [1.165, 1.54) is 4.80 Å². The maximum atomic E-state index is 11.0. The topological polar surface area (TPSA) is 43.7 Å². The number of aromatic nitrogens is 3. The first-order valence-corrected chi connectivity index (χ1v) is 4.02. The van der Waals surface area contributed by atoms with Gasteiger partial charge in [-0.15, -0.1) is 0 Å². The standard InChI is InChI=1S/C5H9BrN3O/c1-4-5(3-6)9(10)8(2)7-4/h7H,3H2,1-2H3/q+1. The van der Waals surface area contributed by atoms with Crippen LogP contribution < -0.4 is 4.54 Å². The van der Waals surface area contributed by atoms with Gasteiger partial charge in [0.05, 0.1) is 16.9 Å². The quantitative estimate of drug-likeness (QED) is 0.528. The third kappa shape index (κ3) is 1.01. The molecular weight excluding hydrogens is 198 g/mol. The number of nitrogens with zero attached hydrogens (tertiary/aromatic N) is 2. The molecule has 1 heterocycles. The van der Waals surface area contributed by atoms with Crippen molar-refractivity contribution >= 4 is 15.9 Å². The van der Waals surface area contributed by atoms with Crippen LogP contribution in [0.25, 0.3) is 0 Å². The molecule has 1 rings (SSSR count). The Hall–Kier alpha value is -0.580. The van der Waals surface area contributed by atoms with Gasteiger partial charge in [-0.1, -0.05) is 20.7 Å². The van der Waals surface area contributed by atoms with Gasteiger partial charge in [0.25, 0.3) is 0 Å². The monoisotopic (exact) mass is 206 g/mol. The second-order valence-electron chi connectivity index (χ2n) is 2.11. The van der Waals surface area contributed by atoms with Gasteiger partial charge in [0.15, 0.2) is 5.69 Å². The highest BCUT2D eigenvalue weighted by Crippen LogP contribution is 2.01. The molecule has 10 heavy (non-hydrogen) atoms. The van der Waals surface area contributed by atoms with Gasteiger partial charge in [-0.05, 0) is 4.91 Å². The molecule has 5 heteroatoms. The Labute approximate surface area is 66.5 Å². The molecule has 0 aliphatic carbocycles. The van der Waals surface area contributed by atoms with Crippen LogP contribution in [-0.2, 0) is 12.4 Å². The summed E-state index contributed by atoms with van der Waals surface area (Å²) in [5.74, 6) is 0. The molecule has 0 fully saturated rings. The zero-order valence-corrected chi connectivity index (χ0v) is 7.47. The van der Waals surface area contributed by atoms with Crippen LogP contribution in [0.4, 0.5) is 0 Å². The number of aryl methyl sites for hydroxylation is 2. The summed E-state index contributed by atoms with van der Waals surface area (Å²) in [7, 11) is 1.67. The molecule has 0 aromatic carbocycles. The Morgan fingerprint density at radius 3 is 2.60 bits per heavy atom. The highest BCUT2D eigenvalue weighted by Gasteiger charge is 2.13. The average molecular weight is 207 g/mol. The molecular formula is C5H9BrN3O+. The summed E-state index contributed by atoms with van der Waals surface area (Å²) in [6, 6.07) is 0. The first-order valence-electron chi connectivity index (χ1n) is 2.90. The van der Waals surface area contributed by atoms with Crippen molar-refractivity contribution in [2.45, 2.75) is 12.3 Å². The van der Waals surface area contributed by atoms with Crippen LogP contribution in [0.3, 0.4) is 0 Å². The molecule has 0 saturated heterocycles. The third-order valence-corrected chi connectivity index (χ3v) is 1.92. The summed E-state index contributed by atoms with van der Waals surface area (Å²) < 4.78 is 0.823. The van der Waals surface area contributed by atoms with Crippen molar-refractivity contribution < 1.29 is 4.54 Å². The van der Waals surface area contributed by atoms with Gasteiger partial charge in [0, 0.05) is 6.92 Å². The molecule has 0 aliphatic rings. The van der Waals surface area contributed by atoms with Gasteiger partial charge < -0.3 is 0 Å². The highest BCUT2D eigenvalue weighted by atomic mass is 79.9. The average Bonchev–Trinajstić information content (AvgIpc) is 2.09. The maximum Gasteiger partial charge on any atom is 0.232 e. The number of halogens is 1. The van der Waals surface area contributed by atoms with Crippen molar-refractivity contribution in [3.05, 3.63) is 16.3 Å². The zero-order chi connectivity index (χ0) is 7.72. The van der Waals surface area contributed by atoms with E-state index in [0.29, 0.717) is 5.33 Å². The molecule has 0 unspecified atom stereocenters. The summed E-state index contributed by atoms with van der Waals surface area (Å²) in [6.45, 7) is 1.87. The largest absolute Gasteiger partial charge is 0.232 e. The number of rotatable bonds is 1. The van der Waals surface area contributed by atoms with Gasteiger partial charge in [0.1, 0.15) is 0 Å². The van der Waals surface area contributed by atoms with Gasteiger partial charge in [-0.25, -0.2) is 0 Å². The summed E-state index contributed by atoms with van der Waals surface area (Å²) in [6.07, 6.45) is 0. The number of alkyl halides is 1. The molecule has 0 bridgehead atoms. The fourth-order valence-corrected chi connectivity index (χ4v) is 1.46. The lowest BCUT2D eigenvalue weighted by Gasteiger charge is -1.75. The molecule has 1 N–H and O–H groups in total. The molecule has 0 atom stereocenters. The SMILES string of the molecule is Cc1[nH]n(C)[n+](=O)c1CBr. The Morgan fingerprint density at radius 1 is 1.80 bits per heavy atom. The second kappa shape index (κ2) is 2.57. The van der Waals surface area contributed by atoms with E-state index in [4.69, 9.17) is 0 Å². The minimum absolute atomic E-state index is 0.583. The van der Waals surface area contributed by atoms with Crippen molar-refractivity contribution in [1.82, 2.24) is 9.90 Å². The maximum absolute atomic E-state index is 11.0. The number of aromatic amines is 1. The fraction of sp³-hybridized carbons (Fsp3) is 0.600. The van der Waals surface area contributed by atoms with Crippen molar-refractivity contribution in [2.24, 2.45) is 7.05 Å².